The van der Waals surface area contributed by atoms with Crippen LogP contribution in [0.3, 0.4) is 0 Å². The minimum atomic E-state index is -0.506. The van der Waals surface area contributed by atoms with Gasteiger partial charge in [-0.25, -0.2) is 0 Å². The predicted molar refractivity (Wildman–Crippen MR) is 114 cm³/mol. The summed E-state index contributed by atoms with van der Waals surface area (Å²) in [6.45, 7) is 6.48. The first-order valence-corrected chi connectivity index (χ1v) is 9.98. The largest absolute Gasteiger partial charge is 0.479 e. The lowest BCUT2D eigenvalue weighted by Gasteiger charge is -2.20. The molecule has 1 amide bonds. The summed E-state index contributed by atoms with van der Waals surface area (Å²) in [5.41, 5.74) is 4.01. The Morgan fingerprint density at radius 1 is 1.13 bits per heavy atom. The van der Waals surface area contributed by atoms with Crippen molar-refractivity contribution in [1.29, 1.82) is 0 Å². The van der Waals surface area contributed by atoms with E-state index in [-0.39, 0.29) is 34.6 Å². The number of aryl methyl sites for hydroxylation is 2. The number of hydrogen-bond acceptors (Lipinski definition) is 7. The average Bonchev–Trinajstić information content (AvgIpc) is 3.33. The number of hydrogen-bond donors (Lipinski definition) is 1. The number of rotatable bonds is 6. The summed E-state index contributed by atoms with van der Waals surface area (Å²) >= 11 is 0. The van der Waals surface area contributed by atoms with Crippen LogP contribution >= 0.6 is 0 Å². The highest BCUT2D eigenvalue weighted by atomic mass is 16.6. The van der Waals surface area contributed by atoms with E-state index in [0.717, 1.165) is 24.2 Å². The van der Waals surface area contributed by atoms with E-state index in [1.54, 1.807) is 12.1 Å². The van der Waals surface area contributed by atoms with E-state index < -0.39 is 5.91 Å². The number of benzene rings is 1. The van der Waals surface area contributed by atoms with Gasteiger partial charge >= 0.3 is 0 Å². The van der Waals surface area contributed by atoms with Crippen molar-refractivity contribution in [3.8, 4) is 23.5 Å². The van der Waals surface area contributed by atoms with Gasteiger partial charge in [-0.1, -0.05) is 19.9 Å². The second-order valence-electron chi connectivity index (χ2n) is 8.10. The van der Waals surface area contributed by atoms with Gasteiger partial charge in [0.15, 0.2) is 11.4 Å². The Balaban J connectivity index is 1.54. The van der Waals surface area contributed by atoms with Crippen molar-refractivity contribution in [2.45, 2.75) is 39.0 Å². The summed E-state index contributed by atoms with van der Waals surface area (Å²) < 4.78 is 22.0. The van der Waals surface area contributed by atoms with E-state index in [1.807, 2.05) is 6.92 Å². The molecule has 8 nitrogen and oxygen atoms in total. The van der Waals surface area contributed by atoms with E-state index in [9.17, 15) is 4.79 Å². The zero-order valence-corrected chi connectivity index (χ0v) is 18.2. The van der Waals surface area contributed by atoms with Crippen LogP contribution in [0.15, 0.2) is 35.0 Å². The van der Waals surface area contributed by atoms with Gasteiger partial charge < -0.3 is 23.9 Å². The van der Waals surface area contributed by atoms with E-state index in [2.05, 4.69) is 41.3 Å². The van der Waals surface area contributed by atoms with E-state index >= 15 is 0 Å². The van der Waals surface area contributed by atoms with Crippen molar-refractivity contribution >= 4 is 11.6 Å². The van der Waals surface area contributed by atoms with Gasteiger partial charge in [0.05, 0.1) is 14.2 Å². The number of nitrogens with zero attached hydrogens (tertiary/aromatic N) is 2. The second-order valence-corrected chi connectivity index (χ2v) is 8.10. The van der Waals surface area contributed by atoms with Crippen LogP contribution in [-0.4, -0.2) is 30.1 Å². The predicted octanol–water partition coefficient (Wildman–Crippen LogP) is 4.66. The van der Waals surface area contributed by atoms with Crippen LogP contribution in [0.4, 0.5) is 5.69 Å². The number of amides is 1. The van der Waals surface area contributed by atoms with Gasteiger partial charge in [-0.15, -0.1) is 0 Å². The fraction of sp³-hybridized carbons (Fsp3) is 0.348. The van der Waals surface area contributed by atoms with Crippen LogP contribution in [0.2, 0.25) is 0 Å². The fourth-order valence-electron chi connectivity index (χ4n) is 3.83. The number of anilines is 1. The van der Waals surface area contributed by atoms with Crippen LogP contribution < -0.4 is 19.5 Å². The minimum absolute atomic E-state index is 0.0714. The van der Waals surface area contributed by atoms with Gasteiger partial charge in [0.1, 0.15) is 12.1 Å². The summed E-state index contributed by atoms with van der Waals surface area (Å²) in [4.78, 5) is 20.7. The van der Waals surface area contributed by atoms with Gasteiger partial charge in [-0.3, -0.25) is 4.79 Å². The van der Waals surface area contributed by atoms with E-state index in [0.29, 0.717) is 0 Å². The lowest BCUT2D eigenvalue weighted by Crippen LogP contribution is -2.13. The maximum atomic E-state index is 12.7. The number of nitrogens with one attached hydrogen (secondary N) is 1. The van der Waals surface area contributed by atoms with Crippen molar-refractivity contribution in [2.24, 2.45) is 0 Å². The summed E-state index contributed by atoms with van der Waals surface area (Å²) in [6, 6.07) is 7.41. The van der Waals surface area contributed by atoms with Gasteiger partial charge in [-0.05, 0) is 54.0 Å². The van der Waals surface area contributed by atoms with E-state index in [1.165, 1.54) is 31.7 Å². The molecule has 1 aliphatic carbocycles. The Labute approximate surface area is 180 Å². The molecular weight excluding hydrogens is 398 g/mol. The number of furan rings is 1. The molecule has 8 heteroatoms. The SMILES string of the molecule is COc1ncnc(OC)c1NC(=O)c1ccc(Oc2cc3c(cc2C)CCC3(C)C)o1. The molecule has 0 aliphatic heterocycles. The molecule has 0 fully saturated rings. The third-order valence-electron chi connectivity index (χ3n) is 5.57. The molecule has 0 atom stereocenters. The van der Waals surface area contributed by atoms with Crippen molar-refractivity contribution in [1.82, 2.24) is 9.97 Å². The molecule has 0 radical (unpaired) electrons. The molecular formula is C23H25N3O5. The first kappa shape index (κ1) is 20.7. The third kappa shape index (κ3) is 3.93. The number of aromatic nitrogens is 2. The molecule has 4 rings (SSSR count). The van der Waals surface area contributed by atoms with Crippen molar-refractivity contribution in [2.75, 3.05) is 19.5 Å². The van der Waals surface area contributed by atoms with Crippen LogP contribution in [-0.2, 0) is 11.8 Å². The van der Waals surface area contributed by atoms with Gasteiger partial charge in [0.2, 0.25) is 11.8 Å². The van der Waals surface area contributed by atoms with Crippen LogP contribution in [0, 0.1) is 6.92 Å². The molecule has 162 valence electrons. The van der Waals surface area contributed by atoms with E-state index in [4.69, 9.17) is 18.6 Å². The Hall–Kier alpha value is -3.55. The highest BCUT2D eigenvalue weighted by Crippen LogP contribution is 2.42. The number of ether oxygens (including phenoxy) is 3. The van der Waals surface area contributed by atoms with Crippen LogP contribution in [0.5, 0.6) is 23.5 Å². The number of carbonyl (C=O) groups excluding carboxylic acids is 1. The molecule has 0 bridgehead atoms. The highest BCUT2D eigenvalue weighted by molar-refractivity contribution is 6.03. The van der Waals surface area contributed by atoms with Crippen molar-refractivity contribution < 1.29 is 23.4 Å². The second kappa shape index (κ2) is 7.94. The molecule has 2 aromatic heterocycles. The Kier molecular flexibility index (Phi) is 5.31. The smallest absolute Gasteiger partial charge is 0.291 e. The topological polar surface area (TPSA) is 95.7 Å². The van der Waals surface area contributed by atoms with Gasteiger partial charge in [-0.2, -0.15) is 9.97 Å². The molecule has 0 saturated heterocycles. The summed E-state index contributed by atoms with van der Waals surface area (Å²) in [7, 11) is 2.88. The molecule has 1 aliphatic rings. The average molecular weight is 423 g/mol. The third-order valence-corrected chi connectivity index (χ3v) is 5.57. The molecule has 0 saturated carbocycles. The van der Waals surface area contributed by atoms with Crippen molar-refractivity contribution in [3.63, 3.8) is 0 Å². The standard InChI is InChI=1S/C23H25N3O5/c1-13-10-14-8-9-23(2,3)15(14)11-17(13)31-18-7-6-16(30-18)20(27)26-19-21(28-4)24-12-25-22(19)29-5/h6-7,10-12H,8-9H2,1-5H3,(H,26,27). The quantitative estimate of drug-likeness (QED) is 0.616. The Morgan fingerprint density at radius 2 is 1.84 bits per heavy atom. The molecule has 1 aromatic carbocycles. The number of fused-ring (bicyclic) bond motifs is 1. The highest BCUT2D eigenvalue weighted by Gasteiger charge is 2.31. The molecule has 31 heavy (non-hydrogen) atoms. The zero-order chi connectivity index (χ0) is 22.2. The molecule has 0 spiro atoms. The van der Waals surface area contributed by atoms with Crippen molar-refractivity contribution in [3.05, 3.63) is 53.0 Å². The number of carbonyl (C=O) groups is 1. The Bertz CT molecular complexity index is 1110. The zero-order valence-electron chi connectivity index (χ0n) is 18.2. The van der Waals surface area contributed by atoms with Crippen LogP contribution in [0.25, 0.3) is 0 Å². The lowest BCUT2D eigenvalue weighted by molar-refractivity contribution is 0.0990. The van der Waals surface area contributed by atoms with Gasteiger partial charge in [0, 0.05) is 6.07 Å². The maximum absolute atomic E-state index is 12.7. The maximum Gasteiger partial charge on any atom is 0.291 e. The molecule has 2 heterocycles. The monoisotopic (exact) mass is 423 g/mol. The van der Waals surface area contributed by atoms with Crippen LogP contribution in [0.1, 0.15) is 47.5 Å². The number of methoxy groups -OCH3 is 2. The normalized spacial score (nSPS) is 14.1. The first-order chi connectivity index (χ1) is 14.8. The fourth-order valence-corrected chi connectivity index (χ4v) is 3.83. The molecule has 0 unspecified atom stereocenters. The molecule has 1 N–H and O–H groups in total. The lowest BCUT2D eigenvalue weighted by atomic mass is 9.86. The summed E-state index contributed by atoms with van der Waals surface area (Å²) in [5.74, 6) is 0.872. The first-order valence-electron chi connectivity index (χ1n) is 9.98. The Morgan fingerprint density at radius 3 is 2.52 bits per heavy atom. The minimum Gasteiger partial charge on any atom is -0.479 e. The summed E-state index contributed by atoms with van der Waals surface area (Å²) in [5, 5.41) is 2.67. The summed E-state index contributed by atoms with van der Waals surface area (Å²) in [6.07, 6.45) is 3.48. The van der Waals surface area contributed by atoms with Gasteiger partial charge in [0.25, 0.3) is 11.9 Å². The molecule has 3 aromatic rings.